The molecule has 1 aliphatic rings. The summed E-state index contributed by atoms with van der Waals surface area (Å²) >= 11 is 0. The summed E-state index contributed by atoms with van der Waals surface area (Å²) in [5, 5.41) is 7.59. The van der Waals surface area contributed by atoms with Crippen molar-refractivity contribution in [2.24, 2.45) is 5.92 Å². The molecule has 1 atom stereocenters. The van der Waals surface area contributed by atoms with Gasteiger partial charge in [-0.3, -0.25) is 9.78 Å². The number of nitrogens with zero attached hydrogens (tertiary/aromatic N) is 2. The Balaban J connectivity index is 1.75. The molecule has 1 aromatic carbocycles. The number of nitrogens with one attached hydrogen (secondary N) is 2. The molecule has 6 heteroatoms. The molecule has 28 heavy (non-hydrogen) atoms. The number of hydrogen-bond donors (Lipinski definition) is 2. The number of piperidine rings is 1. The maximum atomic E-state index is 13.5. The zero-order valence-corrected chi connectivity index (χ0v) is 16.0. The van der Waals surface area contributed by atoms with E-state index in [4.69, 9.17) is 0 Å². The summed E-state index contributed by atoms with van der Waals surface area (Å²) in [7, 11) is 0. The molecule has 4 rings (SSSR count). The molecule has 1 amide bonds. The zero-order valence-electron chi connectivity index (χ0n) is 16.0. The molecule has 0 aliphatic carbocycles. The van der Waals surface area contributed by atoms with Gasteiger partial charge in [0.25, 0.3) is 0 Å². The van der Waals surface area contributed by atoms with Crippen molar-refractivity contribution < 1.29 is 9.18 Å². The molecule has 0 spiro atoms. The Morgan fingerprint density at radius 3 is 2.75 bits per heavy atom. The molecule has 3 aromatic rings. The number of halogens is 1. The van der Waals surface area contributed by atoms with Crippen LogP contribution >= 0.6 is 0 Å². The summed E-state index contributed by atoms with van der Waals surface area (Å²) in [5.41, 5.74) is 2.91. The number of benzene rings is 1. The average molecular weight is 380 g/mol. The van der Waals surface area contributed by atoms with Crippen molar-refractivity contribution in [2.45, 2.75) is 32.4 Å². The van der Waals surface area contributed by atoms with Gasteiger partial charge in [-0.15, -0.1) is 0 Å². The van der Waals surface area contributed by atoms with Gasteiger partial charge in [0.1, 0.15) is 5.82 Å². The van der Waals surface area contributed by atoms with E-state index in [1.54, 1.807) is 18.3 Å². The SMILES string of the molecule is CCn1cc(C(NC(=O)C2CCNCC2)c2ccc(F)cc2)c2ccncc21. The van der Waals surface area contributed by atoms with Crippen LogP contribution in [0.1, 0.15) is 36.9 Å². The lowest BCUT2D eigenvalue weighted by molar-refractivity contribution is -0.126. The molecule has 146 valence electrons. The molecular weight excluding hydrogens is 355 g/mol. The lowest BCUT2D eigenvalue weighted by Crippen LogP contribution is -2.40. The smallest absolute Gasteiger partial charge is 0.223 e. The molecule has 1 unspecified atom stereocenters. The second-order valence-electron chi connectivity index (χ2n) is 7.28. The van der Waals surface area contributed by atoms with Gasteiger partial charge in [-0.1, -0.05) is 12.1 Å². The zero-order chi connectivity index (χ0) is 19.5. The minimum Gasteiger partial charge on any atom is -0.346 e. The third-order valence-electron chi connectivity index (χ3n) is 5.57. The predicted octanol–water partition coefficient (Wildman–Crippen LogP) is 3.40. The van der Waals surface area contributed by atoms with Crippen LogP contribution < -0.4 is 10.6 Å². The van der Waals surface area contributed by atoms with E-state index in [2.05, 4.69) is 33.3 Å². The van der Waals surface area contributed by atoms with Gasteiger partial charge in [0, 0.05) is 35.8 Å². The third-order valence-corrected chi connectivity index (χ3v) is 5.57. The van der Waals surface area contributed by atoms with Crippen LogP contribution in [0.3, 0.4) is 0 Å². The molecule has 1 fully saturated rings. The van der Waals surface area contributed by atoms with Crippen LogP contribution in [0, 0.1) is 11.7 Å². The lowest BCUT2D eigenvalue weighted by Gasteiger charge is -2.26. The summed E-state index contributed by atoms with van der Waals surface area (Å²) < 4.78 is 15.6. The number of aromatic nitrogens is 2. The van der Waals surface area contributed by atoms with Crippen molar-refractivity contribution in [1.82, 2.24) is 20.2 Å². The Hall–Kier alpha value is -2.73. The van der Waals surface area contributed by atoms with E-state index in [0.29, 0.717) is 0 Å². The normalized spacial score (nSPS) is 16.2. The van der Waals surface area contributed by atoms with E-state index in [9.17, 15) is 9.18 Å². The highest BCUT2D eigenvalue weighted by atomic mass is 19.1. The molecule has 2 N–H and O–H groups in total. The molecule has 0 radical (unpaired) electrons. The van der Waals surface area contributed by atoms with Crippen LogP contribution in [0.15, 0.2) is 48.9 Å². The highest BCUT2D eigenvalue weighted by Crippen LogP contribution is 2.31. The first-order valence-electron chi connectivity index (χ1n) is 9.86. The number of hydrogen-bond acceptors (Lipinski definition) is 3. The fourth-order valence-electron chi connectivity index (χ4n) is 4.00. The van der Waals surface area contributed by atoms with Crippen LogP contribution in [0.5, 0.6) is 0 Å². The lowest BCUT2D eigenvalue weighted by atomic mass is 9.94. The van der Waals surface area contributed by atoms with Gasteiger partial charge in [0.2, 0.25) is 5.91 Å². The Kier molecular flexibility index (Phi) is 5.39. The second-order valence-corrected chi connectivity index (χ2v) is 7.28. The molecule has 1 saturated heterocycles. The Bertz CT molecular complexity index is 960. The second kappa shape index (κ2) is 8.10. The Morgan fingerprint density at radius 2 is 2.04 bits per heavy atom. The minimum absolute atomic E-state index is 0.00499. The minimum atomic E-state index is -0.333. The van der Waals surface area contributed by atoms with Crippen LogP contribution in [0.25, 0.3) is 10.9 Å². The van der Waals surface area contributed by atoms with Crippen LogP contribution in [-0.4, -0.2) is 28.5 Å². The fourth-order valence-corrected chi connectivity index (χ4v) is 4.00. The summed E-state index contributed by atoms with van der Waals surface area (Å²) in [4.78, 5) is 17.3. The number of pyridine rings is 1. The van der Waals surface area contributed by atoms with E-state index >= 15 is 0 Å². The van der Waals surface area contributed by atoms with Crippen molar-refractivity contribution in [3.63, 3.8) is 0 Å². The summed E-state index contributed by atoms with van der Waals surface area (Å²) in [6, 6.07) is 8.03. The van der Waals surface area contributed by atoms with Crippen molar-refractivity contribution in [3.05, 3.63) is 65.9 Å². The first-order chi connectivity index (χ1) is 13.7. The number of aryl methyl sites for hydroxylation is 1. The van der Waals surface area contributed by atoms with E-state index in [1.165, 1.54) is 12.1 Å². The van der Waals surface area contributed by atoms with Crippen LogP contribution in [-0.2, 0) is 11.3 Å². The molecule has 0 bridgehead atoms. The standard InChI is InChI=1S/C22H25FN4O/c1-2-27-14-19(18-9-12-25-13-20(18)27)21(15-3-5-17(23)6-4-15)26-22(28)16-7-10-24-11-8-16/h3-6,9,12-14,16,21,24H,2,7-8,10-11H2,1H3,(H,26,28). The van der Waals surface area contributed by atoms with Gasteiger partial charge in [0.15, 0.2) is 0 Å². The molecule has 3 heterocycles. The number of carbonyl (C=O) groups is 1. The quantitative estimate of drug-likeness (QED) is 0.713. The molecular formula is C22H25FN4O. The van der Waals surface area contributed by atoms with Gasteiger partial charge in [0.05, 0.1) is 17.8 Å². The molecule has 5 nitrogen and oxygen atoms in total. The highest BCUT2D eigenvalue weighted by molar-refractivity contribution is 5.86. The Labute approximate surface area is 164 Å². The van der Waals surface area contributed by atoms with Crippen LogP contribution in [0.4, 0.5) is 4.39 Å². The fraction of sp³-hybridized carbons (Fsp3) is 0.364. The third kappa shape index (κ3) is 3.64. The summed E-state index contributed by atoms with van der Waals surface area (Å²) in [6.07, 6.45) is 7.36. The molecule has 0 saturated carbocycles. The predicted molar refractivity (Wildman–Crippen MR) is 107 cm³/mol. The van der Waals surface area contributed by atoms with E-state index in [1.807, 2.05) is 12.3 Å². The number of fused-ring (bicyclic) bond motifs is 1. The molecule has 1 aliphatic heterocycles. The Morgan fingerprint density at radius 1 is 1.29 bits per heavy atom. The van der Waals surface area contributed by atoms with Crippen molar-refractivity contribution in [1.29, 1.82) is 0 Å². The van der Waals surface area contributed by atoms with Crippen LogP contribution in [0.2, 0.25) is 0 Å². The van der Waals surface area contributed by atoms with Crippen molar-refractivity contribution in [3.8, 4) is 0 Å². The summed E-state index contributed by atoms with van der Waals surface area (Å²) in [5.74, 6) is -0.222. The first kappa shape index (κ1) is 18.6. The maximum Gasteiger partial charge on any atom is 0.223 e. The van der Waals surface area contributed by atoms with E-state index in [-0.39, 0.29) is 23.7 Å². The van der Waals surface area contributed by atoms with Gasteiger partial charge in [-0.2, -0.15) is 0 Å². The topological polar surface area (TPSA) is 59.0 Å². The number of carbonyl (C=O) groups excluding carboxylic acids is 1. The van der Waals surface area contributed by atoms with E-state index in [0.717, 1.165) is 54.5 Å². The largest absolute Gasteiger partial charge is 0.346 e. The first-order valence-corrected chi connectivity index (χ1v) is 9.86. The number of rotatable bonds is 5. The van der Waals surface area contributed by atoms with Gasteiger partial charge >= 0.3 is 0 Å². The molecule has 2 aromatic heterocycles. The van der Waals surface area contributed by atoms with Crippen molar-refractivity contribution >= 4 is 16.8 Å². The van der Waals surface area contributed by atoms with E-state index < -0.39 is 0 Å². The highest BCUT2D eigenvalue weighted by Gasteiger charge is 2.26. The number of amides is 1. The van der Waals surface area contributed by atoms with Gasteiger partial charge in [-0.25, -0.2) is 4.39 Å². The average Bonchev–Trinajstić information content (AvgIpc) is 3.12. The maximum absolute atomic E-state index is 13.5. The summed E-state index contributed by atoms with van der Waals surface area (Å²) in [6.45, 7) is 4.61. The van der Waals surface area contributed by atoms with Gasteiger partial charge in [-0.05, 0) is 56.6 Å². The monoisotopic (exact) mass is 380 g/mol. The van der Waals surface area contributed by atoms with Gasteiger partial charge < -0.3 is 15.2 Å². The van der Waals surface area contributed by atoms with Crippen molar-refractivity contribution in [2.75, 3.05) is 13.1 Å².